The van der Waals surface area contributed by atoms with Crippen molar-refractivity contribution in [1.29, 1.82) is 0 Å². The van der Waals surface area contributed by atoms with Crippen molar-refractivity contribution in [1.82, 2.24) is 0 Å². The Labute approximate surface area is 111 Å². The molecule has 0 amide bonds. The lowest BCUT2D eigenvalue weighted by Crippen LogP contribution is -1.90. The molecule has 0 radical (unpaired) electrons. The second-order valence-electron chi connectivity index (χ2n) is 3.73. The standard InChI is InChI=1S/C14H13ClO3/c1-17-10-4-5-11(14(8-10)18-2)9-3-6-12(15)13(16)7-9/h3-8,16H,1-2H3. The topological polar surface area (TPSA) is 38.7 Å². The maximum absolute atomic E-state index is 9.63. The van der Waals surface area contributed by atoms with E-state index in [2.05, 4.69) is 0 Å². The Kier molecular flexibility index (Phi) is 3.63. The molecule has 0 saturated heterocycles. The van der Waals surface area contributed by atoms with Gasteiger partial charge in [0.2, 0.25) is 0 Å². The summed E-state index contributed by atoms with van der Waals surface area (Å²) >= 11 is 5.79. The molecule has 2 aromatic rings. The lowest BCUT2D eigenvalue weighted by atomic mass is 10.0. The van der Waals surface area contributed by atoms with Crippen molar-refractivity contribution in [2.45, 2.75) is 0 Å². The first-order chi connectivity index (χ1) is 8.65. The molecular weight excluding hydrogens is 252 g/mol. The van der Waals surface area contributed by atoms with E-state index in [0.29, 0.717) is 16.5 Å². The Morgan fingerprint density at radius 1 is 1.00 bits per heavy atom. The van der Waals surface area contributed by atoms with E-state index >= 15 is 0 Å². The summed E-state index contributed by atoms with van der Waals surface area (Å²) in [6.45, 7) is 0. The molecule has 1 N–H and O–H groups in total. The number of phenols is 1. The number of hydrogen-bond donors (Lipinski definition) is 1. The Morgan fingerprint density at radius 3 is 2.39 bits per heavy atom. The van der Waals surface area contributed by atoms with E-state index in [4.69, 9.17) is 21.1 Å². The van der Waals surface area contributed by atoms with Crippen LogP contribution in [0.3, 0.4) is 0 Å². The van der Waals surface area contributed by atoms with Gasteiger partial charge in [-0.15, -0.1) is 0 Å². The van der Waals surface area contributed by atoms with Gasteiger partial charge in [0.25, 0.3) is 0 Å². The summed E-state index contributed by atoms with van der Waals surface area (Å²) in [6.07, 6.45) is 0. The fraction of sp³-hybridized carbons (Fsp3) is 0.143. The fourth-order valence-corrected chi connectivity index (χ4v) is 1.83. The van der Waals surface area contributed by atoms with Crippen LogP contribution in [-0.4, -0.2) is 19.3 Å². The first kappa shape index (κ1) is 12.6. The van der Waals surface area contributed by atoms with Crippen molar-refractivity contribution < 1.29 is 14.6 Å². The van der Waals surface area contributed by atoms with Gasteiger partial charge < -0.3 is 14.6 Å². The number of hydrogen-bond acceptors (Lipinski definition) is 3. The zero-order chi connectivity index (χ0) is 13.1. The van der Waals surface area contributed by atoms with Crippen LogP contribution in [0.5, 0.6) is 17.2 Å². The van der Waals surface area contributed by atoms with E-state index in [1.165, 1.54) is 0 Å². The van der Waals surface area contributed by atoms with Gasteiger partial charge in [-0.05, 0) is 29.8 Å². The summed E-state index contributed by atoms with van der Waals surface area (Å²) in [5.41, 5.74) is 1.70. The van der Waals surface area contributed by atoms with Gasteiger partial charge in [-0.1, -0.05) is 17.7 Å². The number of ether oxygens (including phenoxy) is 2. The van der Waals surface area contributed by atoms with Crippen LogP contribution in [0.1, 0.15) is 0 Å². The van der Waals surface area contributed by atoms with Gasteiger partial charge in [0, 0.05) is 11.6 Å². The van der Waals surface area contributed by atoms with Crippen LogP contribution in [0.15, 0.2) is 36.4 Å². The van der Waals surface area contributed by atoms with E-state index in [1.807, 2.05) is 18.2 Å². The maximum atomic E-state index is 9.63. The van der Waals surface area contributed by atoms with Crippen molar-refractivity contribution in [3.63, 3.8) is 0 Å². The molecule has 0 aliphatic rings. The second-order valence-corrected chi connectivity index (χ2v) is 4.14. The van der Waals surface area contributed by atoms with Gasteiger partial charge in [0.15, 0.2) is 0 Å². The Bertz CT molecular complexity index is 567. The lowest BCUT2D eigenvalue weighted by molar-refractivity contribution is 0.395. The molecule has 2 rings (SSSR count). The van der Waals surface area contributed by atoms with Crippen LogP contribution in [0.25, 0.3) is 11.1 Å². The van der Waals surface area contributed by atoms with Crippen molar-refractivity contribution in [3.8, 4) is 28.4 Å². The summed E-state index contributed by atoms with van der Waals surface area (Å²) in [5, 5.41) is 9.95. The van der Waals surface area contributed by atoms with Crippen LogP contribution < -0.4 is 9.47 Å². The van der Waals surface area contributed by atoms with Crippen molar-refractivity contribution >= 4 is 11.6 Å². The molecular formula is C14H13ClO3. The highest BCUT2D eigenvalue weighted by atomic mass is 35.5. The molecule has 2 aromatic carbocycles. The van der Waals surface area contributed by atoms with Gasteiger partial charge in [-0.3, -0.25) is 0 Å². The first-order valence-electron chi connectivity index (χ1n) is 5.36. The number of benzene rings is 2. The molecule has 0 aliphatic carbocycles. The van der Waals surface area contributed by atoms with Crippen LogP contribution in [0, 0.1) is 0 Å². The molecule has 0 fully saturated rings. The second kappa shape index (κ2) is 5.19. The third kappa shape index (κ3) is 2.36. The normalized spacial score (nSPS) is 10.2. The molecule has 0 spiro atoms. The molecule has 0 aromatic heterocycles. The SMILES string of the molecule is COc1ccc(-c2ccc(Cl)c(O)c2)c(OC)c1. The average Bonchev–Trinajstić information content (AvgIpc) is 2.41. The molecule has 0 saturated carbocycles. The smallest absolute Gasteiger partial charge is 0.134 e. The molecule has 4 heteroatoms. The summed E-state index contributed by atoms with van der Waals surface area (Å²) in [7, 11) is 3.19. The fourth-order valence-electron chi connectivity index (χ4n) is 1.72. The molecule has 0 aliphatic heterocycles. The summed E-state index contributed by atoms with van der Waals surface area (Å²) in [4.78, 5) is 0. The van der Waals surface area contributed by atoms with E-state index in [-0.39, 0.29) is 5.75 Å². The molecule has 0 unspecified atom stereocenters. The Hall–Kier alpha value is -1.87. The predicted octanol–water partition coefficient (Wildman–Crippen LogP) is 3.73. The zero-order valence-corrected chi connectivity index (χ0v) is 10.9. The number of aromatic hydroxyl groups is 1. The minimum atomic E-state index is 0.0482. The van der Waals surface area contributed by atoms with E-state index in [1.54, 1.807) is 32.4 Å². The summed E-state index contributed by atoms with van der Waals surface area (Å²) < 4.78 is 10.5. The highest BCUT2D eigenvalue weighted by Crippen LogP contribution is 2.36. The highest BCUT2D eigenvalue weighted by Gasteiger charge is 2.09. The first-order valence-corrected chi connectivity index (χ1v) is 5.74. The monoisotopic (exact) mass is 264 g/mol. The number of halogens is 1. The van der Waals surface area contributed by atoms with Crippen molar-refractivity contribution in [2.75, 3.05) is 14.2 Å². The molecule has 18 heavy (non-hydrogen) atoms. The minimum Gasteiger partial charge on any atom is -0.506 e. The quantitative estimate of drug-likeness (QED) is 0.918. The molecule has 0 heterocycles. The number of methoxy groups -OCH3 is 2. The van der Waals surface area contributed by atoms with Gasteiger partial charge in [-0.2, -0.15) is 0 Å². The maximum Gasteiger partial charge on any atom is 0.134 e. The highest BCUT2D eigenvalue weighted by molar-refractivity contribution is 6.32. The number of phenolic OH excluding ortho intramolecular Hbond substituents is 1. The molecule has 3 nitrogen and oxygen atoms in total. The summed E-state index contributed by atoms with van der Waals surface area (Å²) in [6, 6.07) is 10.6. The van der Waals surface area contributed by atoms with Crippen LogP contribution in [0.2, 0.25) is 5.02 Å². The third-order valence-corrected chi connectivity index (χ3v) is 2.99. The minimum absolute atomic E-state index is 0.0482. The average molecular weight is 265 g/mol. The third-order valence-electron chi connectivity index (χ3n) is 2.67. The predicted molar refractivity (Wildman–Crippen MR) is 71.7 cm³/mol. The Morgan fingerprint density at radius 2 is 1.78 bits per heavy atom. The molecule has 0 bridgehead atoms. The zero-order valence-electron chi connectivity index (χ0n) is 10.1. The van der Waals surface area contributed by atoms with Gasteiger partial charge in [0.1, 0.15) is 17.2 Å². The van der Waals surface area contributed by atoms with Crippen LogP contribution >= 0.6 is 11.6 Å². The number of rotatable bonds is 3. The molecule has 94 valence electrons. The van der Waals surface area contributed by atoms with Gasteiger partial charge in [-0.25, -0.2) is 0 Å². The largest absolute Gasteiger partial charge is 0.506 e. The van der Waals surface area contributed by atoms with Crippen LogP contribution in [-0.2, 0) is 0 Å². The van der Waals surface area contributed by atoms with Gasteiger partial charge in [0.05, 0.1) is 19.2 Å². The van der Waals surface area contributed by atoms with Crippen LogP contribution in [0.4, 0.5) is 0 Å². The van der Waals surface area contributed by atoms with Crippen molar-refractivity contribution in [3.05, 3.63) is 41.4 Å². The van der Waals surface area contributed by atoms with E-state index in [0.717, 1.165) is 11.1 Å². The van der Waals surface area contributed by atoms with Crippen molar-refractivity contribution in [2.24, 2.45) is 0 Å². The lowest BCUT2D eigenvalue weighted by Gasteiger charge is -2.11. The van der Waals surface area contributed by atoms with E-state index in [9.17, 15) is 5.11 Å². The molecule has 0 atom stereocenters. The van der Waals surface area contributed by atoms with E-state index < -0.39 is 0 Å². The Balaban J connectivity index is 2.52. The van der Waals surface area contributed by atoms with Gasteiger partial charge >= 0.3 is 0 Å². The summed E-state index contributed by atoms with van der Waals surface area (Å²) in [5.74, 6) is 1.44.